The minimum absolute atomic E-state index is 0.0156. The number of anilines is 1. The Labute approximate surface area is 108 Å². The molecule has 0 spiro atoms. The molecule has 0 bridgehead atoms. The molecule has 0 radical (unpaired) electrons. The summed E-state index contributed by atoms with van der Waals surface area (Å²) < 4.78 is 26.5. The highest BCUT2D eigenvalue weighted by Gasteiger charge is 2.21. The van der Waals surface area contributed by atoms with Gasteiger partial charge in [0.1, 0.15) is 10.7 Å². The number of nitrogens with two attached hydrogens (primary N) is 1. The van der Waals surface area contributed by atoms with Crippen LogP contribution in [0.15, 0.2) is 23.2 Å². The zero-order valence-corrected chi connectivity index (χ0v) is 10.7. The molecule has 0 amide bonds. The number of hydrazine groups is 1. The number of sulfonamides is 1. The fourth-order valence-corrected chi connectivity index (χ4v) is 2.48. The summed E-state index contributed by atoms with van der Waals surface area (Å²) in [7, 11) is -3.71. The highest BCUT2D eigenvalue weighted by molar-refractivity contribution is 7.89. The number of hydrogen-bond acceptors (Lipinski definition) is 8. The van der Waals surface area contributed by atoms with Gasteiger partial charge in [0, 0.05) is 6.20 Å². The molecular formula is C8H12N8O2S. The van der Waals surface area contributed by atoms with E-state index in [1.165, 1.54) is 18.3 Å². The van der Waals surface area contributed by atoms with Crippen molar-refractivity contribution < 1.29 is 8.42 Å². The quantitative estimate of drug-likeness (QED) is 0.399. The summed E-state index contributed by atoms with van der Waals surface area (Å²) in [6, 6.07) is 2.22. The summed E-state index contributed by atoms with van der Waals surface area (Å²) in [6.45, 7) is 1.60. The lowest BCUT2D eigenvalue weighted by molar-refractivity contribution is 0.559. The Kier molecular flexibility index (Phi) is 3.69. The van der Waals surface area contributed by atoms with Crippen LogP contribution < -0.4 is 16.0 Å². The maximum atomic E-state index is 12.0. The number of pyridine rings is 1. The van der Waals surface area contributed by atoms with E-state index in [-0.39, 0.29) is 10.7 Å². The summed E-state index contributed by atoms with van der Waals surface area (Å²) in [5, 5.41) is 13.0. The number of H-pyrrole nitrogens is 1. The lowest BCUT2D eigenvalue weighted by Crippen LogP contribution is -2.27. The molecule has 10 nitrogen and oxygen atoms in total. The van der Waals surface area contributed by atoms with Crippen LogP contribution in [0.2, 0.25) is 0 Å². The molecule has 1 atom stereocenters. The van der Waals surface area contributed by atoms with E-state index in [1.807, 2.05) is 0 Å². The molecule has 5 N–H and O–H groups in total. The molecule has 0 fully saturated rings. The van der Waals surface area contributed by atoms with E-state index in [2.05, 4.69) is 35.8 Å². The second-order valence-corrected chi connectivity index (χ2v) is 5.35. The van der Waals surface area contributed by atoms with E-state index >= 15 is 0 Å². The largest absolute Gasteiger partial charge is 0.308 e. The molecule has 19 heavy (non-hydrogen) atoms. The Bertz CT molecular complexity index is 623. The van der Waals surface area contributed by atoms with Gasteiger partial charge in [0.15, 0.2) is 5.82 Å². The van der Waals surface area contributed by atoms with E-state index in [0.717, 1.165) is 0 Å². The zero-order chi connectivity index (χ0) is 13.9. The lowest BCUT2D eigenvalue weighted by atomic mass is 10.4. The van der Waals surface area contributed by atoms with Crippen molar-refractivity contribution in [3.05, 3.63) is 24.2 Å². The number of nitrogens with zero attached hydrogens (tertiary/aromatic N) is 4. The third kappa shape index (κ3) is 3.01. The molecule has 11 heteroatoms. The van der Waals surface area contributed by atoms with Crippen LogP contribution in [-0.2, 0) is 10.0 Å². The third-order valence-corrected chi connectivity index (χ3v) is 3.80. The zero-order valence-electron chi connectivity index (χ0n) is 9.90. The van der Waals surface area contributed by atoms with Crippen LogP contribution >= 0.6 is 0 Å². The number of hydrogen-bond donors (Lipinski definition) is 4. The number of nitrogens with one attached hydrogen (secondary N) is 3. The summed E-state index contributed by atoms with van der Waals surface area (Å²) in [5.74, 6) is 5.76. The molecule has 1 unspecified atom stereocenters. The van der Waals surface area contributed by atoms with Crippen molar-refractivity contribution in [2.45, 2.75) is 17.9 Å². The highest BCUT2D eigenvalue weighted by Crippen LogP contribution is 2.13. The van der Waals surface area contributed by atoms with Crippen LogP contribution in [0.4, 0.5) is 5.82 Å². The standard InChI is InChI=1S/C8H12N8O2S/c1-5(8-12-15-16-13-8)14-19(17,18)6-2-3-7(11-9)10-4-6/h2-5,14H,9H2,1H3,(H,10,11)(H,12,13,15,16). The molecule has 0 saturated carbocycles. The van der Waals surface area contributed by atoms with Gasteiger partial charge in [-0.1, -0.05) is 5.21 Å². The maximum Gasteiger partial charge on any atom is 0.242 e. The topological polar surface area (TPSA) is 152 Å². The van der Waals surface area contributed by atoms with E-state index < -0.39 is 16.1 Å². The van der Waals surface area contributed by atoms with Crippen LogP contribution in [0.25, 0.3) is 0 Å². The highest BCUT2D eigenvalue weighted by atomic mass is 32.2. The second-order valence-electron chi connectivity index (χ2n) is 3.64. The maximum absolute atomic E-state index is 12.0. The monoisotopic (exact) mass is 284 g/mol. The van der Waals surface area contributed by atoms with Gasteiger partial charge < -0.3 is 5.43 Å². The van der Waals surface area contributed by atoms with Crippen molar-refractivity contribution >= 4 is 15.8 Å². The Morgan fingerprint density at radius 3 is 2.74 bits per heavy atom. The van der Waals surface area contributed by atoms with Crippen molar-refractivity contribution in [1.82, 2.24) is 30.3 Å². The fraction of sp³-hybridized carbons (Fsp3) is 0.250. The molecule has 2 rings (SSSR count). The van der Waals surface area contributed by atoms with Crippen molar-refractivity contribution in [2.24, 2.45) is 5.84 Å². The molecule has 0 aliphatic carbocycles. The van der Waals surface area contributed by atoms with E-state index in [9.17, 15) is 8.42 Å². The first-order valence-corrected chi connectivity index (χ1v) is 6.69. The van der Waals surface area contributed by atoms with Gasteiger partial charge in [-0.25, -0.2) is 24.0 Å². The van der Waals surface area contributed by atoms with Crippen molar-refractivity contribution in [3.63, 3.8) is 0 Å². The van der Waals surface area contributed by atoms with Gasteiger partial charge in [-0.15, -0.1) is 10.2 Å². The van der Waals surface area contributed by atoms with Gasteiger partial charge >= 0.3 is 0 Å². The molecule has 2 heterocycles. The Hall–Kier alpha value is -2.11. The Morgan fingerprint density at radius 2 is 2.21 bits per heavy atom. The number of aromatic amines is 1. The van der Waals surface area contributed by atoms with Gasteiger partial charge in [0.05, 0.1) is 6.04 Å². The molecular weight excluding hydrogens is 272 g/mol. The Balaban J connectivity index is 2.17. The van der Waals surface area contributed by atoms with Crippen LogP contribution in [-0.4, -0.2) is 34.0 Å². The van der Waals surface area contributed by atoms with Crippen LogP contribution in [0, 0.1) is 0 Å². The minimum atomic E-state index is -3.71. The van der Waals surface area contributed by atoms with Gasteiger partial charge in [0.2, 0.25) is 10.0 Å². The van der Waals surface area contributed by atoms with E-state index in [0.29, 0.717) is 5.82 Å². The smallest absolute Gasteiger partial charge is 0.242 e. The molecule has 2 aromatic rings. The van der Waals surface area contributed by atoms with Crippen LogP contribution in [0.5, 0.6) is 0 Å². The fourth-order valence-electron chi connectivity index (χ4n) is 1.33. The third-order valence-electron chi connectivity index (χ3n) is 2.28. The van der Waals surface area contributed by atoms with Crippen LogP contribution in [0.3, 0.4) is 0 Å². The average molecular weight is 284 g/mol. The average Bonchev–Trinajstić information content (AvgIpc) is 2.92. The normalized spacial score (nSPS) is 13.2. The second kappa shape index (κ2) is 5.26. The molecule has 0 aliphatic heterocycles. The number of aromatic nitrogens is 5. The van der Waals surface area contributed by atoms with E-state index in [4.69, 9.17) is 5.84 Å². The van der Waals surface area contributed by atoms with Gasteiger partial charge in [-0.2, -0.15) is 5.21 Å². The van der Waals surface area contributed by atoms with Gasteiger partial charge in [-0.3, -0.25) is 0 Å². The predicted octanol–water partition coefficient (Wildman–Crippen LogP) is -1.08. The first-order valence-electron chi connectivity index (χ1n) is 5.21. The predicted molar refractivity (Wildman–Crippen MR) is 65.0 cm³/mol. The van der Waals surface area contributed by atoms with Crippen LogP contribution in [0.1, 0.15) is 18.8 Å². The summed E-state index contributed by atoms with van der Waals surface area (Å²) in [4.78, 5) is 3.84. The molecule has 2 aromatic heterocycles. The van der Waals surface area contributed by atoms with Gasteiger partial charge in [-0.05, 0) is 19.1 Å². The minimum Gasteiger partial charge on any atom is -0.308 e. The van der Waals surface area contributed by atoms with Crippen molar-refractivity contribution in [2.75, 3.05) is 5.43 Å². The first kappa shape index (κ1) is 13.3. The lowest BCUT2D eigenvalue weighted by Gasteiger charge is -2.10. The first-order chi connectivity index (χ1) is 9.03. The Morgan fingerprint density at radius 1 is 1.42 bits per heavy atom. The summed E-state index contributed by atoms with van der Waals surface area (Å²) in [5.41, 5.74) is 2.31. The van der Waals surface area contributed by atoms with E-state index in [1.54, 1.807) is 6.92 Å². The van der Waals surface area contributed by atoms with Gasteiger partial charge in [0.25, 0.3) is 0 Å². The number of tetrazole rings is 1. The molecule has 0 saturated heterocycles. The summed E-state index contributed by atoms with van der Waals surface area (Å²) in [6.07, 6.45) is 1.19. The van der Waals surface area contributed by atoms with Crippen molar-refractivity contribution in [1.29, 1.82) is 0 Å². The SMILES string of the molecule is CC(NS(=O)(=O)c1ccc(NN)nc1)c1nn[nH]n1. The molecule has 0 aliphatic rings. The summed E-state index contributed by atoms with van der Waals surface area (Å²) >= 11 is 0. The number of rotatable bonds is 5. The van der Waals surface area contributed by atoms with Crippen molar-refractivity contribution in [3.8, 4) is 0 Å². The molecule has 102 valence electrons. The molecule has 0 aromatic carbocycles. The number of nitrogen functional groups attached to an aromatic ring is 1.